The van der Waals surface area contributed by atoms with Gasteiger partial charge in [0.25, 0.3) is 0 Å². The molecule has 172 valence electrons. The molecule has 0 saturated heterocycles. The Labute approximate surface area is 187 Å². The average Bonchev–Trinajstić information content (AvgIpc) is 3.08. The van der Waals surface area contributed by atoms with Gasteiger partial charge in [-0.3, -0.25) is 4.79 Å². The van der Waals surface area contributed by atoms with E-state index in [0.717, 1.165) is 36.8 Å². The van der Waals surface area contributed by atoms with Gasteiger partial charge in [0.05, 0.1) is 5.44 Å². The Morgan fingerprint density at radius 1 is 1.29 bits per heavy atom. The van der Waals surface area contributed by atoms with Crippen molar-refractivity contribution in [3.63, 3.8) is 0 Å². The van der Waals surface area contributed by atoms with Gasteiger partial charge in [-0.2, -0.15) is 0 Å². The van der Waals surface area contributed by atoms with Gasteiger partial charge in [0.2, 0.25) is 0 Å². The van der Waals surface area contributed by atoms with Gasteiger partial charge in [-0.15, -0.1) is 11.8 Å². The third-order valence-corrected chi connectivity index (χ3v) is 7.29. The number of carbonyl (C=O) groups is 2. The summed E-state index contributed by atoms with van der Waals surface area (Å²) in [5.74, 6) is 0.157. The second kappa shape index (κ2) is 11.2. The number of aliphatic carboxylic acids is 1. The second-order valence-corrected chi connectivity index (χ2v) is 9.45. The molecule has 1 fully saturated rings. The molecule has 0 aliphatic heterocycles. The van der Waals surface area contributed by atoms with Crippen LogP contribution in [0.15, 0.2) is 18.2 Å². The Morgan fingerprint density at radius 3 is 2.81 bits per heavy atom. The van der Waals surface area contributed by atoms with E-state index in [0.29, 0.717) is 30.4 Å². The van der Waals surface area contributed by atoms with Crippen LogP contribution in [0.25, 0.3) is 0 Å². The molecular formula is C23H32O7S. The van der Waals surface area contributed by atoms with Gasteiger partial charge < -0.3 is 24.8 Å². The molecule has 1 aromatic rings. The van der Waals surface area contributed by atoms with E-state index < -0.39 is 11.4 Å². The smallest absolute Gasteiger partial charge is 0.341 e. The van der Waals surface area contributed by atoms with Gasteiger partial charge in [-0.1, -0.05) is 12.1 Å². The van der Waals surface area contributed by atoms with E-state index in [4.69, 9.17) is 19.7 Å². The van der Waals surface area contributed by atoms with Crippen molar-refractivity contribution in [1.29, 1.82) is 0 Å². The lowest BCUT2D eigenvalue weighted by atomic mass is 9.73. The molecule has 1 aromatic carbocycles. The molecule has 5 atom stereocenters. The number of hydrogen-bond acceptors (Lipinski definition) is 7. The predicted octanol–water partition coefficient (Wildman–Crippen LogP) is 2.65. The molecular weight excluding hydrogens is 420 g/mol. The van der Waals surface area contributed by atoms with E-state index in [1.807, 2.05) is 18.4 Å². The number of thioether (sulfide) groups is 1. The van der Waals surface area contributed by atoms with E-state index in [2.05, 4.69) is 6.07 Å². The molecule has 0 spiro atoms. The number of carboxylic acids is 1. The molecule has 7 nitrogen and oxygen atoms in total. The van der Waals surface area contributed by atoms with Gasteiger partial charge in [-0.25, -0.2) is 4.79 Å². The van der Waals surface area contributed by atoms with E-state index >= 15 is 0 Å². The zero-order valence-electron chi connectivity index (χ0n) is 17.9. The highest BCUT2D eigenvalue weighted by Crippen LogP contribution is 2.49. The summed E-state index contributed by atoms with van der Waals surface area (Å²) in [6, 6.07) is 5.77. The van der Waals surface area contributed by atoms with Gasteiger partial charge in [-0.05, 0) is 79.7 Å². The summed E-state index contributed by atoms with van der Waals surface area (Å²) in [5, 5.41) is 28.0. The normalized spacial score (nSPS) is 25.4. The Balaban J connectivity index is 1.76. The first-order valence-electron chi connectivity index (χ1n) is 10.9. The van der Waals surface area contributed by atoms with Crippen LogP contribution in [0, 0.1) is 17.8 Å². The lowest BCUT2D eigenvalue weighted by Crippen LogP contribution is -2.29. The van der Waals surface area contributed by atoms with Crippen LogP contribution in [0.5, 0.6) is 5.75 Å². The van der Waals surface area contributed by atoms with E-state index in [1.54, 1.807) is 0 Å². The van der Waals surface area contributed by atoms with Crippen LogP contribution in [0.1, 0.15) is 43.2 Å². The zero-order valence-corrected chi connectivity index (χ0v) is 18.7. The summed E-state index contributed by atoms with van der Waals surface area (Å²) < 4.78 is 11.4. The monoisotopic (exact) mass is 452 g/mol. The molecule has 0 bridgehead atoms. The Hall–Kier alpha value is -1.77. The third kappa shape index (κ3) is 6.14. The highest BCUT2D eigenvalue weighted by atomic mass is 32.2. The summed E-state index contributed by atoms with van der Waals surface area (Å²) >= 11 is 1.42. The maximum atomic E-state index is 12.3. The number of carboxylic acid groups (broad SMARTS) is 1. The summed E-state index contributed by atoms with van der Waals surface area (Å²) in [6.45, 7) is -0.409. The van der Waals surface area contributed by atoms with E-state index in [-0.39, 0.29) is 37.6 Å². The zero-order chi connectivity index (χ0) is 22.4. The van der Waals surface area contributed by atoms with Crippen molar-refractivity contribution in [2.75, 3.05) is 19.5 Å². The topological polar surface area (TPSA) is 113 Å². The van der Waals surface area contributed by atoms with Crippen molar-refractivity contribution in [1.82, 2.24) is 0 Å². The second-order valence-electron chi connectivity index (χ2n) is 8.43. The number of fused-ring (bicyclic) bond motifs is 2. The molecule has 0 aromatic heterocycles. The minimum atomic E-state index is -1.01. The molecule has 0 radical (unpaired) electrons. The maximum Gasteiger partial charge on any atom is 0.341 e. The van der Waals surface area contributed by atoms with Crippen molar-refractivity contribution in [2.45, 2.75) is 56.5 Å². The first kappa shape index (κ1) is 23.9. The number of carbonyl (C=O) groups excluding carboxylic acids is 1. The van der Waals surface area contributed by atoms with E-state index in [9.17, 15) is 14.7 Å². The fourth-order valence-electron chi connectivity index (χ4n) is 5.09. The largest absolute Gasteiger partial charge is 0.482 e. The molecule has 0 amide bonds. The number of aliphatic hydroxyl groups excluding tert-OH is 2. The maximum absolute atomic E-state index is 12.3. The molecule has 0 heterocycles. The summed E-state index contributed by atoms with van der Waals surface area (Å²) in [5.41, 5.74) is 1.78. The molecule has 2 aliphatic rings. The minimum Gasteiger partial charge on any atom is -0.482 e. The number of benzene rings is 1. The lowest BCUT2D eigenvalue weighted by Gasteiger charge is -2.32. The molecule has 3 N–H and O–H groups in total. The highest BCUT2D eigenvalue weighted by molar-refractivity contribution is 7.99. The van der Waals surface area contributed by atoms with E-state index in [1.165, 1.54) is 11.8 Å². The summed E-state index contributed by atoms with van der Waals surface area (Å²) in [7, 11) is 0. The van der Waals surface area contributed by atoms with Gasteiger partial charge in [0.15, 0.2) is 6.61 Å². The van der Waals surface area contributed by atoms with Crippen LogP contribution in [-0.2, 0) is 27.2 Å². The molecule has 3 rings (SSSR count). The van der Waals surface area contributed by atoms with Crippen LogP contribution in [-0.4, -0.2) is 58.3 Å². The molecule has 2 aliphatic carbocycles. The third-order valence-electron chi connectivity index (χ3n) is 6.51. The van der Waals surface area contributed by atoms with Crippen molar-refractivity contribution in [3.05, 3.63) is 29.3 Å². The average molecular weight is 453 g/mol. The van der Waals surface area contributed by atoms with Gasteiger partial charge in [0, 0.05) is 13.0 Å². The first-order chi connectivity index (χ1) is 14.9. The molecule has 8 heteroatoms. The van der Waals surface area contributed by atoms with Crippen LogP contribution >= 0.6 is 11.8 Å². The summed E-state index contributed by atoms with van der Waals surface area (Å²) in [6.07, 6.45) is 6.05. The van der Waals surface area contributed by atoms with Crippen molar-refractivity contribution >= 4 is 23.7 Å². The van der Waals surface area contributed by atoms with Crippen LogP contribution < -0.4 is 4.74 Å². The van der Waals surface area contributed by atoms with Gasteiger partial charge >= 0.3 is 11.9 Å². The lowest BCUT2D eigenvalue weighted by molar-refractivity contribution is -0.151. The van der Waals surface area contributed by atoms with Crippen LogP contribution in [0.4, 0.5) is 0 Å². The predicted molar refractivity (Wildman–Crippen MR) is 117 cm³/mol. The quantitative estimate of drug-likeness (QED) is 0.347. The highest BCUT2D eigenvalue weighted by Gasteiger charge is 2.47. The van der Waals surface area contributed by atoms with Gasteiger partial charge in [0.1, 0.15) is 11.9 Å². The Bertz CT molecular complexity index is 768. The van der Waals surface area contributed by atoms with Crippen LogP contribution in [0.3, 0.4) is 0 Å². The van der Waals surface area contributed by atoms with Crippen LogP contribution in [0.2, 0.25) is 0 Å². The Kier molecular flexibility index (Phi) is 8.63. The number of rotatable bonds is 11. The first-order valence-corrected chi connectivity index (χ1v) is 12.2. The SMILES string of the molecule is CS[C@H](O)CC[C@@H]1[C@H]2Cc3cccc(OCC(=O)O)c3C[C@H]2C[C@H]1OC(=O)CCCO. The molecule has 31 heavy (non-hydrogen) atoms. The fraction of sp³-hybridized carbons (Fsp3) is 0.652. The van der Waals surface area contributed by atoms with Crippen molar-refractivity contribution in [2.24, 2.45) is 17.8 Å². The Morgan fingerprint density at radius 2 is 2.10 bits per heavy atom. The standard InChI is InChI=1S/C23H32O7S/c1-31-23(28)8-7-16-17-10-14-4-2-5-19(29-13-21(25)26)18(14)11-15(17)12-20(16)30-22(27)6-3-9-24/h2,4-5,15-17,20,23-24,28H,3,6-13H2,1H3,(H,25,26)/t15-,16+,17-,20+,23-/m0/s1. The number of aliphatic hydroxyl groups is 2. The van der Waals surface area contributed by atoms with Crippen molar-refractivity contribution in [3.8, 4) is 5.75 Å². The molecule has 0 unspecified atom stereocenters. The number of ether oxygens (including phenoxy) is 2. The van der Waals surface area contributed by atoms with Crippen molar-refractivity contribution < 1.29 is 34.4 Å². The minimum absolute atomic E-state index is 0.0389. The number of hydrogen-bond donors (Lipinski definition) is 3. The number of esters is 1. The molecule has 1 saturated carbocycles. The fourth-order valence-corrected chi connectivity index (χ4v) is 5.46. The summed E-state index contributed by atoms with van der Waals surface area (Å²) in [4.78, 5) is 23.2.